The molecule has 2 aliphatic rings. The lowest BCUT2D eigenvalue weighted by Crippen LogP contribution is -2.47. The SMILES string of the molecule is CC(Nc1cc(N)nc(C2CC2)n1)C(=O)N1CCOCC1. The Morgan fingerprint density at radius 2 is 2.14 bits per heavy atom. The number of hydrogen-bond donors (Lipinski definition) is 2. The van der Waals surface area contributed by atoms with Crippen LogP contribution in [0.5, 0.6) is 0 Å². The molecule has 21 heavy (non-hydrogen) atoms. The van der Waals surface area contributed by atoms with Gasteiger partial charge in [-0.2, -0.15) is 0 Å². The lowest BCUT2D eigenvalue weighted by atomic mass is 10.2. The zero-order valence-corrected chi connectivity index (χ0v) is 12.2. The lowest BCUT2D eigenvalue weighted by Gasteiger charge is -2.29. The van der Waals surface area contributed by atoms with Gasteiger partial charge in [-0.1, -0.05) is 0 Å². The maximum atomic E-state index is 12.4. The highest BCUT2D eigenvalue weighted by Gasteiger charge is 2.28. The molecular formula is C14H21N5O2. The number of hydrogen-bond acceptors (Lipinski definition) is 6. The van der Waals surface area contributed by atoms with Crippen molar-refractivity contribution in [1.82, 2.24) is 14.9 Å². The molecule has 3 rings (SSSR count). The van der Waals surface area contributed by atoms with Gasteiger partial charge < -0.3 is 20.7 Å². The summed E-state index contributed by atoms with van der Waals surface area (Å²) >= 11 is 0. The van der Waals surface area contributed by atoms with Crippen LogP contribution < -0.4 is 11.1 Å². The van der Waals surface area contributed by atoms with E-state index in [2.05, 4.69) is 15.3 Å². The summed E-state index contributed by atoms with van der Waals surface area (Å²) in [5, 5.41) is 3.14. The standard InChI is InChI=1S/C14H21N5O2/c1-9(14(20)19-4-6-21-7-5-19)16-12-8-11(15)17-13(18-12)10-2-3-10/h8-10H,2-7H2,1H3,(H3,15,16,17,18). The van der Waals surface area contributed by atoms with Crippen LogP contribution >= 0.6 is 0 Å². The number of carbonyl (C=O) groups excluding carboxylic acids is 1. The van der Waals surface area contributed by atoms with Gasteiger partial charge in [-0.25, -0.2) is 9.97 Å². The molecular weight excluding hydrogens is 270 g/mol. The average Bonchev–Trinajstić information content (AvgIpc) is 3.31. The Hall–Kier alpha value is -1.89. The second-order valence-corrected chi connectivity index (χ2v) is 5.61. The van der Waals surface area contributed by atoms with E-state index in [4.69, 9.17) is 10.5 Å². The third-order valence-electron chi connectivity index (χ3n) is 3.76. The first-order chi connectivity index (χ1) is 10.1. The summed E-state index contributed by atoms with van der Waals surface area (Å²) in [6, 6.07) is 1.33. The molecule has 1 saturated carbocycles. The van der Waals surface area contributed by atoms with Crippen LogP contribution in [0, 0.1) is 0 Å². The van der Waals surface area contributed by atoms with Gasteiger partial charge in [0.15, 0.2) is 0 Å². The van der Waals surface area contributed by atoms with Crippen molar-refractivity contribution in [3.8, 4) is 0 Å². The fourth-order valence-corrected chi connectivity index (χ4v) is 2.42. The van der Waals surface area contributed by atoms with E-state index in [9.17, 15) is 4.79 Å². The molecule has 0 bridgehead atoms. The van der Waals surface area contributed by atoms with Gasteiger partial charge in [0.2, 0.25) is 5.91 Å². The van der Waals surface area contributed by atoms with E-state index >= 15 is 0 Å². The summed E-state index contributed by atoms with van der Waals surface area (Å²) in [7, 11) is 0. The van der Waals surface area contributed by atoms with Gasteiger partial charge in [-0.05, 0) is 19.8 Å². The quantitative estimate of drug-likeness (QED) is 0.843. The number of nitrogens with two attached hydrogens (primary N) is 1. The van der Waals surface area contributed by atoms with E-state index in [-0.39, 0.29) is 11.9 Å². The van der Waals surface area contributed by atoms with Gasteiger partial charge in [-0.3, -0.25) is 4.79 Å². The molecule has 1 saturated heterocycles. The summed E-state index contributed by atoms with van der Waals surface area (Å²) in [5.74, 6) is 2.34. The molecule has 1 amide bonds. The first-order valence-electron chi connectivity index (χ1n) is 7.41. The highest BCUT2D eigenvalue weighted by molar-refractivity contribution is 5.84. The zero-order chi connectivity index (χ0) is 14.8. The lowest BCUT2D eigenvalue weighted by molar-refractivity contribution is -0.135. The maximum Gasteiger partial charge on any atom is 0.244 e. The van der Waals surface area contributed by atoms with Crippen molar-refractivity contribution in [2.24, 2.45) is 0 Å². The Morgan fingerprint density at radius 1 is 1.43 bits per heavy atom. The molecule has 3 N–H and O–H groups in total. The summed E-state index contributed by atoms with van der Waals surface area (Å²) in [6.07, 6.45) is 2.23. The van der Waals surface area contributed by atoms with Crippen LogP contribution in [-0.4, -0.2) is 53.1 Å². The van der Waals surface area contributed by atoms with E-state index in [1.807, 2.05) is 11.8 Å². The summed E-state index contributed by atoms with van der Waals surface area (Å²) < 4.78 is 5.26. The third-order valence-corrected chi connectivity index (χ3v) is 3.76. The number of anilines is 2. The monoisotopic (exact) mass is 291 g/mol. The van der Waals surface area contributed by atoms with Crippen LogP contribution in [0.3, 0.4) is 0 Å². The minimum Gasteiger partial charge on any atom is -0.384 e. The highest BCUT2D eigenvalue weighted by Crippen LogP contribution is 2.38. The maximum absolute atomic E-state index is 12.4. The number of aromatic nitrogens is 2. The van der Waals surface area contributed by atoms with Crippen LogP contribution in [0.15, 0.2) is 6.07 Å². The number of nitrogens with one attached hydrogen (secondary N) is 1. The van der Waals surface area contributed by atoms with E-state index in [0.717, 1.165) is 18.7 Å². The van der Waals surface area contributed by atoms with Crippen molar-refractivity contribution in [1.29, 1.82) is 0 Å². The molecule has 1 aliphatic heterocycles. The number of nitrogens with zero attached hydrogens (tertiary/aromatic N) is 3. The summed E-state index contributed by atoms with van der Waals surface area (Å²) in [4.78, 5) is 22.9. The number of rotatable bonds is 4. The molecule has 1 aromatic rings. The van der Waals surface area contributed by atoms with Crippen LogP contribution in [0.2, 0.25) is 0 Å². The van der Waals surface area contributed by atoms with Gasteiger partial charge in [0.25, 0.3) is 0 Å². The van der Waals surface area contributed by atoms with E-state index in [1.54, 1.807) is 6.07 Å². The van der Waals surface area contributed by atoms with Crippen molar-refractivity contribution in [2.45, 2.75) is 31.7 Å². The van der Waals surface area contributed by atoms with Crippen molar-refractivity contribution in [3.05, 3.63) is 11.9 Å². The highest BCUT2D eigenvalue weighted by atomic mass is 16.5. The van der Waals surface area contributed by atoms with Gasteiger partial charge >= 0.3 is 0 Å². The molecule has 7 heteroatoms. The molecule has 0 radical (unpaired) electrons. The fourth-order valence-electron chi connectivity index (χ4n) is 2.42. The molecule has 1 atom stereocenters. The van der Waals surface area contributed by atoms with Crippen molar-refractivity contribution < 1.29 is 9.53 Å². The van der Waals surface area contributed by atoms with Gasteiger partial charge in [0.1, 0.15) is 23.5 Å². The number of morpholine rings is 1. The van der Waals surface area contributed by atoms with E-state index in [1.165, 1.54) is 0 Å². The molecule has 0 spiro atoms. The third kappa shape index (κ3) is 3.41. The first-order valence-corrected chi connectivity index (χ1v) is 7.41. The van der Waals surface area contributed by atoms with Crippen LogP contribution in [0.4, 0.5) is 11.6 Å². The molecule has 7 nitrogen and oxygen atoms in total. The Bertz CT molecular complexity index is 526. The molecule has 114 valence electrons. The predicted octanol–water partition coefficient (Wildman–Crippen LogP) is 0.595. The largest absolute Gasteiger partial charge is 0.384 e. The Morgan fingerprint density at radius 3 is 2.81 bits per heavy atom. The smallest absolute Gasteiger partial charge is 0.244 e. The summed E-state index contributed by atoms with van der Waals surface area (Å²) in [6.45, 7) is 4.33. The molecule has 2 fully saturated rings. The number of amides is 1. The van der Waals surface area contributed by atoms with Crippen molar-refractivity contribution in [3.63, 3.8) is 0 Å². The summed E-state index contributed by atoms with van der Waals surface area (Å²) in [5.41, 5.74) is 5.82. The molecule has 1 aliphatic carbocycles. The van der Waals surface area contributed by atoms with E-state index < -0.39 is 0 Å². The van der Waals surface area contributed by atoms with Gasteiger partial charge in [0, 0.05) is 25.1 Å². The van der Waals surface area contributed by atoms with Crippen LogP contribution in [0.25, 0.3) is 0 Å². The molecule has 0 aromatic carbocycles. The van der Waals surface area contributed by atoms with Crippen molar-refractivity contribution >= 4 is 17.5 Å². The Balaban J connectivity index is 1.66. The Kier molecular flexibility index (Phi) is 3.92. The normalized spacial score (nSPS) is 20.1. The van der Waals surface area contributed by atoms with E-state index in [0.29, 0.717) is 43.9 Å². The minimum atomic E-state index is -0.343. The molecule has 1 unspecified atom stereocenters. The van der Waals surface area contributed by atoms with Crippen LogP contribution in [-0.2, 0) is 9.53 Å². The molecule has 1 aromatic heterocycles. The van der Waals surface area contributed by atoms with Crippen molar-refractivity contribution in [2.75, 3.05) is 37.4 Å². The van der Waals surface area contributed by atoms with Crippen LogP contribution in [0.1, 0.15) is 31.5 Å². The van der Waals surface area contributed by atoms with Gasteiger partial charge in [-0.15, -0.1) is 0 Å². The average molecular weight is 291 g/mol. The molecule has 2 heterocycles. The van der Waals surface area contributed by atoms with Gasteiger partial charge in [0.05, 0.1) is 13.2 Å². The predicted molar refractivity (Wildman–Crippen MR) is 78.9 cm³/mol. The fraction of sp³-hybridized carbons (Fsp3) is 0.643. The second-order valence-electron chi connectivity index (χ2n) is 5.61. The second kappa shape index (κ2) is 5.85. The zero-order valence-electron chi connectivity index (χ0n) is 12.2. The minimum absolute atomic E-state index is 0.0588. The number of ether oxygens (including phenoxy) is 1. The topological polar surface area (TPSA) is 93.4 Å². The number of nitrogen functional groups attached to an aromatic ring is 1. The first kappa shape index (κ1) is 14.1. The number of carbonyl (C=O) groups is 1. The Labute approximate surface area is 123 Å².